The summed E-state index contributed by atoms with van der Waals surface area (Å²) in [4.78, 5) is 4.46. The first kappa shape index (κ1) is 34.0. The normalized spacial score (nSPS) is 17.0. The summed E-state index contributed by atoms with van der Waals surface area (Å²) in [5, 5.41) is 7.82. The van der Waals surface area contributed by atoms with E-state index in [0.717, 1.165) is 18.4 Å². The fraction of sp³-hybridized carbons (Fsp3) is 0.109. The minimum absolute atomic E-state index is 0.278. The van der Waals surface area contributed by atoms with Crippen LogP contribution in [0.2, 0.25) is 0 Å². The molecule has 1 heterocycles. The molecular weight excluding hydrogens is 675 g/mol. The number of pyridine rings is 1. The third kappa shape index (κ3) is 6.40. The number of aryl methyl sites for hydroxylation is 1. The van der Waals surface area contributed by atoms with Crippen molar-refractivity contribution in [2.24, 2.45) is 11.8 Å². The maximum absolute atomic E-state index is 4.46. The number of aromatic nitrogens is 1. The van der Waals surface area contributed by atoms with Gasteiger partial charge < -0.3 is 0 Å². The molecule has 10 rings (SSSR count). The maximum Gasteiger partial charge on any atom is 0.0346 e. The van der Waals surface area contributed by atoms with Crippen molar-refractivity contribution < 1.29 is 0 Å². The molecule has 7 aromatic carbocycles. The lowest BCUT2D eigenvalue weighted by Crippen LogP contribution is -2.11. The van der Waals surface area contributed by atoms with Gasteiger partial charge in [0, 0.05) is 18.3 Å². The molecule has 0 N–H and O–H groups in total. The Hall–Kier alpha value is -6.57. The van der Waals surface area contributed by atoms with Crippen LogP contribution in [-0.4, -0.2) is 4.98 Å². The van der Waals surface area contributed by atoms with Crippen LogP contribution in [0.4, 0.5) is 0 Å². The first-order chi connectivity index (χ1) is 27.5. The fourth-order valence-electron chi connectivity index (χ4n) is 9.12. The van der Waals surface area contributed by atoms with E-state index in [2.05, 4.69) is 189 Å². The summed E-state index contributed by atoms with van der Waals surface area (Å²) >= 11 is 0. The fourth-order valence-corrected chi connectivity index (χ4v) is 9.12. The molecule has 0 saturated carbocycles. The number of allylic oxidation sites excluding steroid dienone is 8. The Labute approximate surface area is 329 Å². The van der Waals surface area contributed by atoms with E-state index in [1.807, 2.05) is 18.5 Å². The Morgan fingerprint density at radius 3 is 1.66 bits per heavy atom. The minimum atomic E-state index is 0.278. The van der Waals surface area contributed by atoms with Crippen molar-refractivity contribution in [2.75, 3.05) is 0 Å². The van der Waals surface area contributed by atoms with Crippen molar-refractivity contribution in [3.8, 4) is 22.3 Å². The third-order valence-corrected chi connectivity index (χ3v) is 11.8. The molecule has 0 bridgehead atoms. The maximum atomic E-state index is 4.46. The van der Waals surface area contributed by atoms with Crippen LogP contribution in [0.15, 0.2) is 194 Å². The summed E-state index contributed by atoms with van der Waals surface area (Å²) in [6, 6.07) is 56.0. The number of hydrogen-bond acceptors (Lipinski definition) is 1. The molecule has 0 saturated heterocycles. The van der Waals surface area contributed by atoms with Crippen LogP contribution < -0.4 is 0 Å². The predicted octanol–water partition coefficient (Wildman–Crippen LogP) is 14.7. The van der Waals surface area contributed by atoms with Gasteiger partial charge in [0.1, 0.15) is 0 Å². The molecule has 268 valence electrons. The summed E-state index contributed by atoms with van der Waals surface area (Å²) in [5.74, 6) is 0.724. The monoisotopic (exact) mass is 717 g/mol. The van der Waals surface area contributed by atoms with Crippen LogP contribution >= 0.6 is 0 Å². The van der Waals surface area contributed by atoms with Crippen molar-refractivity contribution in [2.45, 2.75) is 26.7 Å². The molecule has 2 aliphatic rings. The van der Waals surface area contributed by atoms with Crippen LogP contribution in [0.3, 0.4) is 0 Å². The highest BCUT2D eigenvalue weighted by molar-refractivity contribution is 6.25. The Morgan fingerprint density at radius 1 is 0.446 bits per heavy atom. The lowest BCUT2D eigenvalue weighted by Gasteiger charge is -2.28. The zero-order chi connectivity index (χ0) is 37.6. The lowest BCUT2D eigenvalue weighted by molar-refractivity contribution is 0.705. The molecule has 2 unspecified atom stereocenters. The molecule has 1 nitrogen and oxygen atoms in total. The van der Waals surface area contributed by atoms with Gasteiger partial charge in [0.25, 0.3) is 0 Å². The predicted molar refractivity (Wildman–Crippen MR) is 239 cm³/mol. The van der Waals surface area contributed by atoms with Crippen LogP contribution in [0.25, 0.3) is 71.3 Å². The van der Waals surface area contributed by atoms with Gasteiger partial charge in [0.15, 0.2) is 0 Å². The highest BCUT2D eigenvalue weighted by Crippen LogP contribution is 2.42. The van der Waals surface area contributed by atoms with Gasteiger partial charge in [-0.2, -0.15) is 0 Å². The Balaban J connectivity index is 0.989. The van der Waals surface area contributed by atoms with Gasteiger partial charge in [-0.25, -0.2) is 0 Å². The molecular formula is C55H43N. The molecule has 0 fully saturated rings. The lowest BCUT2D eigenvalue weighted by atomic mass is 9.77. The molecule has 0 amide bonds. The van der Waals surface area contributed by atoms with E-state index >= 15 is 0 Å². The summed E-state index contributed by atoms with van der Waals surface area (Å²) in [7, 11) is 0. The van der Waals surface area contributed by atoms with Crippen LogP contribution in [0.5, 0.6) is 0 Å². The summed E-state index contributed by atoms with van der Waals surface area (Å²) in [6.45, 7) is 4.54. The van der Waals surface area contributed by atoms with Gasteiger partial charge in [0.2, 0.25) is 0 Å². The highest BCUT2D eigenvalue weighted by Gasteiger charge is 2.24. The minimum Gasteiger partial charge on any atom is -0.264 e. The molecule has 1 heteroatoms. The van der Waals surface area contributed by atoms with Crippen molar-refractivity contribution in [1.82, 2.24) is 4.98 Å². The summed E-state index contributed by atoms with van der Waals surface area (Å²) in [6.07, 6.45) is 15.7. The van der Waals surface area contributed by atoms with Crippen molar-refractivity contribution >= 4 is 49.0 Å². The molecule has 0 aliphatic heterocycles. The van der Waals surface area contributed by atoms with Crippen molar-refractivity contribution in [3.63, 3.8) is 0 Å². The largest absolute Gasteiger partial charge is 0.264 e. The van der Waals surface area contributed by atoms with Crippen molar-refractivity contribution in [1.29, 1.82) is 0 Å². The van der Waals surface area contributed by atoms with E-state index in [1.54, 1.807) is 0 Å². The van der Waals surface area contributed by atoms with Crippen LogP contribution in [-0.2, 0) is 0 Å². The quantitative estimate of drug-likeness (QED) is 0.156. The van der Waals surface area contributed by atoms with E-state index in [1.165, 1.54) is 93.6 Å². The molecule has 2 atom stereocenters. The average molecular weight is 718 g/mol. The summed E-state index contributed by atoms with van der Waals surface area (Å²) in [5.41, 5.74) is 15.4. The Bertz CT molecular complexity index is 2900. The van der Waals surface area contributed by atoms with Gasteiger partial charge >= 0.3 is 0 Å². The second kappa shape index (κ2) is 14.3. The number of rotatable bonds is 6. The van der Waals surface area contributed by atoms with Gasteiger partial charge in [-0.1, -0.05) is 164 Å². The van der Waals surface area contributed by atoms with Gasteiger partial charge in [-0.3, -0.25) is 4.98 Å². The zero-order valence-corrected chi connectivity index (χ0v) is 31.9. The second-order valence-corrected chi connectivity index (χ2v) is 15.7. The van der Waals surface area contributed by atoms with Crippen LogP contribution in [0, 0.1) is 18.8 Å². The molecule has 8 aromatic rings. The second-order valence-electron chi connectivity index (χ2n) is 15.7. The topological polar surface area (TPSA) is 12.9 Å². The van der Waals surface area contributed by atoms with E-state index in [9.17, 15) is 0 Å². The van der Waals surface area contributed by atoms with Crippen LogP contribution in [0.1, 0.15) is 42.0 Å². The number of benzene rings is 7. The molecule has 2 aliphatic carbocycles. The van der Waals surface area contributed by atoms with Gasteiger partial charge in [0.05, 0.1) is 0 Å². The zero-order valence-electron chi connectivity index (χ0n) is 31.9. The molecule has 56 heavy (non-hydrogen) atoms. The first-order valence-corrected chi connectivity index (χ1v) is 19.9. The molecule has 0 spiro atoms. The average Bonchev–Trinajstić information content (AvgIpc) is 3.26. The number of fused-ring (bicyclic) bond motifs is 6. The van der Waals surface area contributed by atoms with E-state index in [4.69, 9.17) is 0 Å². The molecule has 1 aromatic heterocycles. The smallest absolute Gasteiger partial charge is 0.0346 e. The van der Waals surface area contributed by atoms with Gasteiger partial charge in [-0.05, 0) is 144 Å². The Morgan fingerprint density at radius 2 is 1.00 bits per heavy atom. The first-order valence-electron chi connectivity index (χ1n) is 19.9. The van der Waals surface area contributed by atoms with Gasteiger partial charge in [-0.15, -0.1) is 0 Å². The number of hydrogen-bond donors (Lipinski definition) is 0. The molecule has 0 radical (unpaired) electrons. The third-order valence-electron chi connectivity index (χ3n) is 11.8. The van der Waals surface area contributed by atoms with E-state index in [0.29, 0.717) is 5.92 Å². The van der Waals surface area contributed by atoms with Crippen molar-refractivity contribution in [3.05, 3.63) is 216 Å². The van der Waals surface area contributed by atoms with E-state index < -0.39 is 0 Å². The number of nitrogens with zero attached hydrogens (tertiary/aromatic N) is 1. The summed E-state index contributed by atoms with van der Waals surface area (Å²) < 4.78 is 0. The SMILES string of the molecule is Cc1cccc(C2=CC(c3cccnc3)=CC(C3=CC(C)CC(c4cccc(-c5cccc(-c6ccc7c8ccccc8c8ccccc8c7c6)c5)c4)=C3)C2)c1. The highest BCUT2D eigenvalue weighted by atomic mass is 14.6. The Kier molecular flexibility index (Phi) is 8.64. The van der Waals surface area contributed by atoms with E-state index in [-0.39, 0.29) is 5.92 Å². The standard InChI is InChI=1S/C55H43N/c1-36-11-7-12-38(25-36)47-31-48(44-17-10-24-56-35-44)33-49(32-47)46-27-37(2)26-45(30-46)42-16-9-14-40(29-42)39-13-8-15-41(28-39)43-22-23-54-52-20-4-3-18-50(52)51-19-5-6-21-53(51)55(54)34-43/h3-25,27-31,33-35,37,49H,26,32H2,1-2H3.